The normalized spacial score (nSPS) is 10.7. The Morgan fingerprint density at radius 2 is 2.20 bits per heavy atom. The van der Waals surface area contributed by atoms with Gasteiger partial charge in [-0.15, -0.1) is 11.6 Å². The lowest BCUT2D eigenvalue weighted by atomic mass is 10.3. The Bertz CT molecular complexity index is 292. The minimum absolute atomic E-state index is 0.231. The molecule has 15 heavy (non-hydrogen) atoms. The topological polar surface area (TPSA) is 31.4 Å². The molecule has 0 aliphatic carbocycles. The predicted molar refractivity (Wildman–Crippen MR) is 60.4 cm³/mol. The van der Waals surface area contributed by atoms with E-state index in [-0.39, 0.29) is 6.10 Å². The van der Waals surface area contributed by atoms with Crippen LogP contribution < -0.4 is 4.74 Å². The van der Waals surface area contributed by atoms with Gasteiger partial charge in [0.15, 0.2) is 0 Å². The minimum Gasteiger partial charge on any atom is -0.489 e. The van der Waals surface area contributed by atoms with Gasteiger partial charge in [-0.2, -0.15) is 0 Å². The number of rotatable bonds is 6. The van der Waals surface area contributed by atoms with Crippen LogP contribution in [-0.4, -0.2) is 24.3 Å². The van der Waals surface area contributed by atoms with E-state index in [2.05, 4.69) is 4.98 Å². The lowest BCUT2D eigenvalue weighted by Gasteiger charge is -2.10. The largest absolute Gasteiger partial charge is 0.489 e. The molecule has 0 bridgehead atoms. The zero-order valence-electron chi connectivity index (χ0n) is 9.07. The van der Waals surface area contributed by atoms with Gasteiger partial charge in [0.2, 0.25) is 0 Å². The number of hydrogen-bond acceptors (Lipinski definition) is 3. The minimum atomic E-state index is 0.231. The highest BCUT2D eigenvalue weighted by molar-refractivity contribution is 6.17. The first-order valence-corrected chi connectivity index (χ1v) is 5.50. The maximum atomic E-state index is 5.76. The summed E-state index contributed by atoms with van der Waals surface area (Å²) >= 11 is 5.76. The Morgan fingerprint density at radius 1 is 1.40 bits per heavy atom. The van der Waals surface area contributed by atoms with Gasteiger partial charge in [-0.3, -0.25) is 4.98 Å². The number of hydrogen-bond donors (Lipinski definition) is 0. The Kier molecular flexibility index (Phi) is 5.43. The molecule has 3 nitrogen and oxygen atoms in total. The molecule has 0 saturated carbocycles. The molecule has 0 aromatic carbocycles. The number of pyridine rings is 1. The van der Waals surface area contributed by atoms with Crippen molar-refractivity contribution < 1.29 is 9.47 Å². The van der Waals surface area contributed by atoms with E-state index in [1.54, 1.807) is 12.4 Å². The van der Waals surface area contributed by atoms with E-state index in [4.69, 9.17) is 21.1 Å². The highest BCUT2D eigenvalue weighted by Crippen LogP contribution is 2.17. The van der Waals surface area contributed by atoms with Crippen LogP contribution in [-0.2, 0) is 10.6 Å². The molecule has 1 heterocycles. The fourth-order valence-electron chi connectivity index (χ4n) is 1.08. The van der Waals surface area contributed by atoms with Crippen LogP contribution >= 0.6 is 11.6 Å². The lowest BCUT2D eigenvalue weighted by molar-refractivity contribution is 0.0550. The van der Waals surface area contributed by atoms with Crippen LogP contribution in [0.4, 0.5) is 0 Å². The zero-order chi connectivity index (χ0) is 11.1. The van der Waals surface area contributed by atoms with Crippen molar-refractivity contribution in [3.05, 3.63) is 24.0 Å². The molecule has 0 spiro atoms. The highest BCUT2D eigenvalue weighted by Gasteiger charge is 2.02. The van der Waals surface area contributed by atoms with Crippen molar-refractivity contribution in [3.63, 3.8) is 0 Å². The fraction of sp³-hybridized carbons (Fsp3) is 0.545. The maximum Gasteiger partial charge on any atom is 0.142 e. The average molecular weight is 230 g/mol. The van der Waals surface area contributed by atoms with Gasteiger partial charge in [-0.25, -0.2) is 0 Å². The van der Waals surface area contributed by atoms with E-state index in [0.717, 1.165) is 11.3 Å². The number of ether oxygens (including phenoxy) is 2. The molecule has 0 aliphatic heterocycles. The fourth-order valence-corrected chi connectivity index (χ4v) is 1.31. The summed E-state index contributed by atoms with van der Waals surface area (Å²) in [6.45, 7) is 5.09. The molecular weight excluding hydrogens is 214 g/mol. The number of alkyl halides is 1. The second-order valence-corrected chi connectivity index (χ2v) is 3.65. The first-order chi connectivity index (χ1) is 7.24. The Hall–Kier alpha value is -0.800. The van der Waals surface area contributed by atoms with Crippen molar-refractivity contribution in [1.29, 1.82) is 0 Å². The van der Waals surface area contributed by atoms with E-state index in [0.29, 0.717) is 19.1 Å². The molecule has 1 aromatic heterocycles. The molecule has 0 saturated heterocycles. The van der Waals surface area contributed by atoms with Crippen molar-refractivity contribution in [2.45, 2.75) is 25.8 Å². The predicted octanol–water partition coefficient (Wildman–Crippen LogP) is 2.62. The molecular formula is C11H16ClNO2. The van der Waals surface area contributed by atoms with Gasteiger partial charge >= 0.3 is 0 Å². The van der Waals surface area contributed by atoms with Crippen LogP contribution in [0.25, 0.3) is 0 Å². The highest BCUT2D eigenvalue weighted by atomic mass is 35.5. The summed E-state index contributed by atoms with van der Waals surface area (Å²) in [5.41, 5.74) is 0.955. The number of aromatic nitrogens is 1. The molecule has 0 radical (unpaired) electrons. The third-order valence-electron chi connectivity index (χ3n) is 1.81. The van der Waals surface area contributed by atoms with Crippen molar-refractivity contribution in [1.82, 2.24) is 4.98 Å². The molecule has 0 N–H and O–H groups in total. The molecule has 1 rings (SSSR count). The third kappa shape index (κ3) is 4.49. The van der Waals surface area contributed by atoms with Gasteiger partial charge < -0.3 is 9.47 Å². The van der Waals surface area contributed by atoms with Gasteiger partial charge in [-0.1, -0.05) is 0 Å². The van der Waals surface area contributed by atoms with Crippen molar-refractivity contribution in [2.24, 2.45) is 0 Å². The third-order valence-corrected chi connectivity index (χ3v) is 2.09. The molecule has 84 valence electrons. The van der Waals surface area contributed by atoms with E-state index in [1.807, 2.05) is 19.9 Å². The number of nitrogens with zero attached hydrogens (tertiary/aromatic N) is 1. The average Bonchev–Trinajstić information content (AvgIpc) is 2.24. The summed E-state index contributed by atoms with van der Waals surface area (Å²) in [6.07, 6.45) is 3.61. The summed E-state index contributed by atoms with van der Waals surface area (Å²) in [5, 5.41) is 0. The van der Waals surface area contributed by atoms with E-state index in [1.165, 1.54) is 0 Å². The van der Waals surface area contributed by atoms with Crippen LogP contribution in [0.5, 0.6) is 5.75 Å². The Balaban J connectivity index is 2.36. The molecule has 4 heteroatoms. The summed E-state index contributed by atoms with van der Waals surface area (Å²) in [6, 6.07) is 1.85. The van der Waals surface area contributed by atoms with E-state index < -0.39 is 0 Å². The standard InChI is InChI=1S/C11H16ClNO2/c1-9(2)14-5-6-15-11-8-13-4-3-10(11)7-12/h3-4,8-9H,5-7H2,1-2H3. The van der Waals surface area contributed by atoms with Gasteiger partial charge in [0.1, 0.15) is 12.4 Å². The summed E-state index contributed by atoms with van der Waals surface area (Å²) in [5.74, 6) is 1.17. The summed E-state index contributed by atoms with van der Waals surface area (Å²) < 4.78 is 10.9. The van der Waals surface area contributed by atoms with Gasteiger partial charge in [0.25, 0.3) is 0 Å². The maximum absolute atomic E-state index is 5.76. The van der Waals surface area contributed by atoms with E-state index in [9.17, 15) is 0 Å². The second-order valence-electron chi connectivity index (χ2n) is 3.39. The molecule has 1 aromatic rings. The second kappa shape index (κ2) is 6.64. The monoisotopic (exact) mass is 229 g/mol. The Labute approximate surface area is 95.4 Å². The van der Waals surface area contributed by atoms with Gasteiger partial charge in [0, 0.05) is 11.8 Å². The molecule has 0 fully saturated rings. The summed E-state index contributed by atoms with van der Waals surface area (Å²) in [7, 11) is 0. The first kappa shape index (κ1) is 12.3. The van der Waals surface area contributed by atoms with E-state index >= 15 is 0 Å². The lowest BCUT2D eigenvalue weighted by Crippen LogP contribution is -2.11. The Morgan fingerprint density at radius 3 is 2.87 bits per heavy atom. The van der Waals surface area contributed by atoms with Crippen LogP contribution in [0.1, 0.15) is 19.4 Å². The molecule has 0 amide bonds. The zero-order valence-corrected chi connectivity index (χ0v) is 9.83. The van der Waals surface area contributed by atoms with Gasteiger partial charge in [0.05, 0.1) is 24.8 Å². The summed E-state index contributed by atoms with van der Waals surface area (Å²) in [4.78, 5) is 3.98. The molecule has 0 aliphatic rings. The smallest absolute Gasteiger partial charge is 0.142 e. The van der Waals surface area contributed by atoms with Crippen molar-refractivity contribution in [2.75, 3.05) is 13.2 Å². The van der Waals surface area contributed by atoms with Crippen LogP contribution in [0, 0.1) is 0 Å². The van der Waals surface area contributed by atoms with Gasteiger partial charge in [-0.05, 0) is 19.9 Å². The first-order valence-electron chi connectivity index (χ1n) is 4.97. The number of halogens is 1. The van der Waals surface area contributed by atoms with Crippen LogP contribution in [0.15, 0.2) is 18.5 Å². The van der Waals surface area contributed by atoms with Crippen LogP contribution in [0.3, 0.4) is 0 Å². The quantitative estimate of drug-likeness (QED) is 0.555. The SMILES string of the molecule is CC(C)OCCOc1cnccc1CCl. The van der Waals surface area contributed by atoms with Crippen LogP contribution in [0.2, 0.25) is 0 Å². The van der Waals surface area contributed by atoms with Crippen molar-refractivity contribution >= 4 is 11.6 Å². The molecule has 0 atom stereocenters. The molecule has 0 unspecified atom stereocenters. The van der Waals surface area contributed by atoms with Crippen molar-refractivity contribution in [3.8, 4) is 5.75 Å².